The van der Waals surface area contributed by atoms with Gasteiger partial charge in [-0.2, -0.15) is 8.78 Å². The van der Waals surface area contributed by atoms with Gasteiger partial charge in [-0.05, 0) is 66.4 Å². The molecule has 2 aliphatic rings. The molecule has 3 aromatic rings. The molecule has 2 saturated heterocycles. The fourth-order valence-electron chi connectivity index (χ4n) is 4.73. The maximum atomic E-state index is 13.2. The molecule has 0 unspecified atom stereocenters. The molecule has 5 rings (SSSR count). The number of hydrogen-bond acceptors (Lipinski definition) is 7. The zero-order valence-electron chi connectivity index (χ0n) is 19.3. The van der Waals surface area contributed by atoms with Crippen LogP contribution in [0.15, 0.2) is 40.8 Å². The minimum Gasteiger partial charge on any atom is -0.415 e. The average molecular weight is 538 g/mol. The molecule has 2 fully saturated rings. The van der Waals surface area contributed by atoms with Gasteiger partial charge in [-0.1, -0.05) is 29.8 Å². The third-order valence-electron chi connectivity index (χ3n) is 6.68. The van der Waals surface area contributed by atoms with Gasteiger partial charge in [0.2, 0.25) is 15.9 Å². The van der Waals surface area contributed by atoms with Crippen molar-refractivity contribution >= 4 is 21.6 Å². The van der Waals surface area contributed by atoms with E-state index >= 15 is 0 Å². The lowest BCUT2D eigenvalue weighted by molar-refractivity contribution is 0.116. The number of hydrogen-bond donors (Lipinski definition) is 3. The van der Waals surface area contributed by atoms with Crippen LogP contribution < -0.4 is 15.4 Å². The molecular formula is C24H26ClF2N5O3S. The Balaban J connectivity index is 1.60. The fraction of sp³-hybridized carbons (Fsp3) is 0.417. The van der Waals surface area contributed by atoms with Crippen molar-refractivity contribution in [1.29, 1.82) is 0 Å². The van der Waals surface area contributed by atoms with Crippen molar-refractivity contribution in [3.63, 3.8) is 0 Å². The van der Waals surface area contributed by atoms with Gasteiger partial charge >= 0.3 is 6.43 Å². The Morgan fingerprint density at radius 3 is 2.53 bits per heavy atom. The Labute approximate surface area is 212 Å². The highest BCUT2D eigenvalue weighted by molar-refractivity contribution is 7.90. The summed E-state index contributed by atoms with van der Waals surface area (Å²) in [5.74, 6) is -0.708. The van der Waals surface area contributed by atoms with Crippen LogP contribution in [-0.2, 0) is 16.6 Å². The minimum absolute atomic E-state index is 0.00249. The van der Waals surface area contributed by atoms with Crippen molar-refractivity contribution in [1.82, 2.24) is 25.6 Å². The molecule has 192 valence electrons. The molecule has 0 aliphatic carbocycles. The second-order valence-corrected chi connectivity index (χ2v) is 11.5. The topological polar surface area (TPSA) is 109 Å². The molecular weight excluding hydrogens is 512 g/mol. The van der Waals surface area contributed by atoms with Crippen molar-refractivity contribution in [3.05, 3.63) is 58.4 Å². The quantitative estimate of drug-likeness (QED) is 0.400. The number of piperidine rings is 1. The van der Waals surface area contributed by atoms with Crippen LogP contribution >= 0.6 is 11.6 Å². The second kappa shape index (κ2) is 10.5. The summed E-state index contributed by atoms with van der Waals surface area (Å²) in [4.78, 5) is 0. The van der Waals surface area contributed by atoms with E-state index in [1.54, 1.807) is 24.3 Å². The van der Waals surface area contributed by atoms with Crippen LogP contribution in [-0.4, -0.2) is 50.0 Å². The summed E-state index contributed by atoms with van der Waals surface area (Å²) in [7, 11) is -3.53. The van der Waals surface area contributed by atoms with Crippen molar-refractivity contribution < 1.29 is 21.6 Å². The van der Waals surface area contributed by atoms with Gasteiger partial charge in [0.15, 0.2) is 0 Å². The lowest BCUT2D eigenvalue weighted by Crippen LogP contribution is -2.41. The highest BCUT2D eigenvalue weighted by atomic mass is 35.5. The summed E-state index contributed by atoms with van der Waals surface area (Å²) in [5, 5.41) is 13.9. The summed E-state index contributed by atoms with van der Waals surface area (Å²) in [6, 6.07) is 10.8. The lowest BCUT2D eigenvalue weighted by atomic mass is 9.81. The van der Waals surface area contributed by atoms with Crippen LogP contribution in [0.5, 0.6) is 0 Å². The Morgan fingerprint density at radius 2 is 1.89 bits per heavy atom. The molecule has 0 bridgehead atoms. The van der Waals surface area contributed by atoms with Crippen LogP contribution in [0.1, 0.15) is 42.2 Å². The molecule has 0 amide bonds. The number of sulfonamides is 1. The van der Waals surface area contributed by atoms with Crippen molar-refractivity contribution in [2.24, 2.45) is 0 Å². The Morgan fingerprint density at radius 1 is 1.11 bits per heavy atom. The van der Waals surface area contributed by atoms with Gasteiger partial charge in [0.05, 0.1) is 5.25 Å². The van der Waals surface area contributed by atoms with Crippen molar-refractivity contribution in [2.45, 2.75) is 37.0 Å². The van der Waals surface area contributed by atoms with Gasteiger partial charge in [0, 0.05) is 36.1 Å². The molecule has 2 aromatic carbocycles. The van der Waals surface area contributed by atoms with Gasteiger partial charge in [0.25, 0.3) is 5.89 Å². The molecule has 3 N–H and O–H groups in total. The predicted octanol–water partition coefficient (Wildman–Crippen LogP) is 3.85. The van der Waals surface area contributed by atoms with E-state index in [-0.39, 0.29) is 18.4 Å². The highest BCUT2D eigenvalue weighted by Gasteiger charge is 2.31. The molecule has 0 radical (unpaired) electrons. The zero-order chi connectivity index (χ0) is 25.3. The van der Waals surface area contributed by atoms with E-state index in [1.807, 2.05) is 12.1 Å². The van der Waals surface area contributed by atoms with Gasteiger partial charge < -0.3 is 15.1 Å². The van der Waals surface area contributed by atoms with Crippen LogP contribution in [0.4, 0.5) is 8.78 Å². The number of benzene rings is 2. The van der Waals surface area contributed by atoms with Crippen LogP contribution in [0.25, 0.3) is 22.6 Å². The SMILES string of the molecule is O=S(=O)(NCc1ccc(-c2nnc(C(F)F)o2)c(C2CNC2)c1-c1cccc(Cl)c1)C1CCNCC1. The molecule has 8 nitrogen and oxygen atoms in total. The van der Waals surface area contributed by atoms with E-state index < -0.39 is 27.6 Å². The summed E-state index contributed by atoms with van der Waals surface area (Å²) >= 11 is 6.32. The first-order valence-corrected chi connectivity index (χ1v) is 13.7. The first kappa shape index (κ1) is 25.2. The first-order chi connectivity index (χ1) is 17.3. The molecule has 36 heavy (non-hydrogen) atoms. The number of nitrogens with one attached hydrogen (secondary N) is 3. The van der Waals surface area contributed by atoms with E-state index in [0.717, 1.165) is 22.3 Å². The molecule has 0 saturated carbocycles. The fourth-order valence-corrected chi connectivity index (χ4v) is 6.37. The number of aromatic nitrogens is 2. The zero-order valence-corrected chi connectivity index (χ0v) is 20.9. The number of halogens is 3. The van der Waals surface area contributed by atoms with E-state index in [0.29, 0.717) is 49.6 Å². The molecule has 0 atom stereocenters. The molecule has 2 aliphatic heterocycles. The third-order valence-corrected chi connectivity index (χ3v) is 8.81. The Bertz CT molecular complexity index is 1340. The van der Waals surface area contributed by atoms with Crippen LogP contribution in [0.2, 0.25) is 5.02 Å². The number of alkyl halides is 2. The average Bonchev–Trinajstić information content (AvgIpc) is 3.33. The number of rotatable bonds is 8. The van der Waals surface area contributed by atoms with E-state index in [4.69, 9.17) is 16.0 Å². The Hall–Kier alpha value is -2.44. The van der Waals surface area contributed by atoms with Crippen molar-refractivity contribution in [2.75, 3.05) is 26.2 Å². The summed E-state index contributed by atoms with van der Waals surface area (Å²) in [5.41, 5.74) is 3.69. The maximum absolute atomic E-state index is 13.2. The van der Waals surface area contributed by atoms with Crippen LogP contribution in [0, 0.1) is 0 Å². The van der Waals surface area contributed by atoms with Gasteiger partial charge in [-0.3, -0.25) is 0 Å². The first-order valence-electron chi connectivity index (χ1n) is 11.8. The standard InChI is InChI=1S/C24H26ClF2N5O3S/c25-17-3-1-2-14(10-17)20-15(13-30-36(33,34)18-6-8-28-9-7-18)4-5-19(21(20)16-11-29-12-16)23-31-32-24(35-23)22(26)27/h1-5,10,16,18,22,28-30H,6-9,11-13H2. The van der Waals surface area contributed by atoms with Crippen molar-refractivity contribution in [3.8, 4) is 22.6 Å². The molecule has 0 spiro atoms. The lowest BCUT2D eigenvalue weighted by Gasteiger charge is -2.32. The summed E-state index contributed by atoms with van der Waals surface area (Å²) in [6.45, 7) is 2.74. The third kappa shape index (κ3) is 5.16. The maximum Gasteiger partial charge on any atom is 0.314 e. The van der Waals surface area contributed by atoms with Gasteiger partial charge in [-0.25, -0.2) is 13.1 Å². The van der Waals surface area contributed by atoms with E-state index in [9.17, 15) is 17.2 Å². The predicted molar refractivity (Wildman–Crippen MR) is 132 cm³/mol. The second-order valence-electron chi connectivity index (χ2n) is 8.99. The summed E-state index contributed by atoms with van der Waals surface area (Å²) in [6.07, 6.45) is -1.77. The molecule has 3 heterocycles. The summed E-state index contributed by atoms with van der Waals surface area (Å²) < 4.78 is 60.5. The van der Waals surface area contributed by atoms with Gasteiger partial charge in [0.1, 0.15) is 0 Å². The number of nitrogens with zero attached hydrogens (tertiary/aromatic N) is 2. The Kier molecular flexibility index (Phi) is 7.36. The van der Waals surface area contributed by atoms with Gasteiger partial charge in [-0.15, -0.1) is 10.2 Å². The van der Waals surface area contributed by atoms with E-state index in [1.165, 1.54) is 0 Å². The molecule has 12 heteroatoms. The largest absolute Gasteiger partial charge is 0.415 e. The highest BCUT2D eigenvalue weighted by Crippen LogP contribution is 2.41. The van der Waals surface area contributed by atoms with E-state index in [2.05, 4.69) is 25.6 Å². The smallest absolute Gasteiger partial charge is 0.314 e. The normalized spacial score (nSPS) is 17.4. The minimum atomic E-state index is -3.53. The molecule has 1 aromatic heterocycles. The van der Waals surface area contributed by atoms with Crippen LogP contribution in [0.3, 0.4) is 0 Å². The monoisotopic (exact) mass is 537 g/mol.